The highest BCUT2D eigenvalue weighted by atomic mass is 35.5. The number of benzene rings is 1. The molecule has 2 rings (SSSR count). The zero-order valence-electron chi connectivity index (χ0n) is 9.10. The summed E-state index contributed by atoms with van der Waals surface area (Å²) in [5, 5.41) is 1.17. The summed E-state index contributed by atoms with van der Waals surface area (Å²) in [6, 6.07) is 5.32. The van der Waals surface area contributed by atoms with Gasteiger partial charge < -0.3 is 11.5 Å². The van der Waals surface area contributed by atoms with Crippen LogP contribution in [0.25, 0.3) is 0 Å². The zero-order chi connectivity index (χ0) is 13.1. The van der Waals surface area contributed by atoms with Crippen molar-refractivity contribution in [1.82, 2.24) is 15.0 Å². The van der Waals surface area contributed by atoms with Gasteiger partial charge in [-0.2, -0.15) is 15.0 Å². The molecule has 0 unspecified atom stereocenters. The van der Waals surface area contributed by atoms with E-state index in [1.54, 1.807) is 18.2 Å². The normalized spacial score (nSPS) is 10.6. The molecule has 0 saturated carbocycles. The minimum Gasteiger partial charge on any atom is -0.368 e. The van der Waals surface area contributed by atoms with Crippen LogP contribution in [-0.2, 0) is 5.75 Å². The highest BCUT2D eigenvalue weighted by Gasteiger charge is 2.08. The number of halogens is 2. The molecule has 18 heavy (non-hydrogen) atoms. The molecule has 1 aromatic heterocycles. The van der Waals surface area contributed by atoms with E-state index >= 15 is 0 Å². The van der Waals surface area contributed by atoms with E-state index in [1.807, 2.05) is 0 Å². The molecule has 8 heteroatoms. The number of hydrogen-bond acceptors (Lipinski definition) is 6. The summed E-state index contributed by atoms with van der Waals surface area (Å²) in [5.41, 5.74) is 11.0. The summed E-state index contributed by atoms with van der Waals surface area (Å²) >= 11 is 13.5. The van der Waals surface area contributed by atoms with E-state index in [9.17, 15) is 0 Å². The second-order valence-electron chi connectivity index (χ2n) is 3.31. The van der Waals surface area contributed by atoms with Crippen molar-refractivity contribution in [2.24, 2.45) is 0 Å². The highest BCUT2D eigenvalue weighted by molar-refractivity contribution is 7.98. The van der Waals surface area contributed by atoms with E-state index in [0.717, 1.165) is 4.90 Å². The molecule has 0 bridgehead atoms. The van der Waals surface area contributed by atoms with Gasteiger partial charge in [-0.15, -0.1) is 11.8 Å². The number of nitrogens with two attached hydrogens (primary N) is 2. The number of anilines is 2. The average Bonchev–Trinajstić information content (AvgIpc) is 2.27. The number of thioether (sulfide) groups is 1. The van der Waals surface area contributed by atoms with E-state index < -0.39 is 0 Å². The second-order valence-corrected chi connectivity index (χ2v) is 5.11. The summed E-state index contributed by atoms with van der Waals surface area (Å²) in [4.78, 5) is 12.4. The highest BCUT2D eigenvalue weighted by Crippen LogP contribution is 2.35. The fraction of sp³-hybridized carbons (Fsp3) is 0.100. The Bertz CT molecular complexity index is 538. The van der Waals surface area contributed by atoms with E-state index in [4.69, 9.17) is 34.7 Å². The Morgan fingerprint density at radius 3 is 2.11 bits per heavy atom. The Labute approximate surface area is 118 Å². The molecular formula is C10H9Cl2N5S. The smallest absolute Gasteiger partial charge is 0.225 e. The number of rotatable bonds is 3. The van der Waals surface area contributed by atoms with Crippen molar-refractivity contribution >= 4 is 46.9 Å². The van der Waals surface area contributed by atoms with Gasteiger partial charge in [0.15, 0.2) is 0 Å². The molecule has 2 aromatic rings. The number of nitrogen functional groups attached to an aromatic ring is 2. The lowest BCUT2D eigenvalue weighted by Crippen LogP contribution is -2.05. The standard InChI is InChI=1S/C10H9Cl2N5S/c11-5-2-1-3-6(12)8(5)18-4-7-15-9(13)17-10(14)16-7/h1-3H,4H2,(H4,13,14,15,16,17). The predicted molar refractivity (Wildman–Crippen MR) is 74.7 cm³/mol. The van der Waals surface area contributed by atoms with Crippen LogP contribution in [0.4, 0.5) is 11.9 Å². The topological polar surface area (TPSA) is 90.7 Å². The fourth-order valence-electron chi connectivity index (χ4n) is 1.28. The van der Waals surface area contributed by atoms with E-state index in [-0.39, 0.29) is 11.9 Å². The van der Waals surface area contributed by atoms with Crippen molar-refractivity contribution in [3.63, 3.8) is 0 Å². The Hall–Kier alpha value is -1.24. The maximum Gasteiger partial charge on any atom is 0.225 e. The minimum atomic E-state index is 0.100. The van der Waals surface area contributed by atoms with Gasteiger partial charge in [-0.1, -0.05) is 29.3 Å². The van der Waals surface area contributed by atoms with Crippen molar-refractivity contribution in [3.8, 4) is 0 Å². The molecule has 5 nitrogen and oxygen atoms in total. The maximum atomic E-state index is 6.05. The van der Waals surface area contributed by atoms with Gasteiger partial charge in [0.25, 0.3) is 0 Å². The lowest BCUT2D eigenvalue weighted by molar-refractivity contribution is 0.988. The number of hydrogen-bond donors (Lipinski definition) is 2. The molecule has 0 aliphatic carbocycles. The molecule has 1 aromatic carbocycles. The van der Waals surface area contributed by atoms with Crippen LogP contribution in [0, 0.1) is 0 Å². The van der Waals surface area contributed by atoms with Crippen LogP contribution < -0.4 is 11.5 Å². The van der Waals surface area contributed by atoms with Crippen LogP contribution in [-0.4, -0.2) is 15.0 Å². The third-order valence-corrected chi connectivity index (χ3v) is 3.97. The Morgan fingerprint density at radius 1 is 1.00 bits per heavy atom. The molecule has 0 radical (unpaired) electrons. The van der Waals surface area contributed by atoms with Gasteiger partial charge in [-0.05, 0) is 12.1 Å². The lowest BCUT2D eigenvalue weighted by Gasteiger charge is -2.06. The lowest BCUT2D eigenvalue weighted by atomic mass is 10.4. The van der Waals surface area contributed by atoms with Crippen molar-refractivity contribution in [2.45, 2.75) is 10.6 Å². The molecule has 94 valence electrons. The van der Waals surface area contributed by atoms with Crippen LogP contribution in [0.1, 0.15) is 5.82 Å². The quantitative estimate of drug-likeness (QED) is 0.847. The molecule has 0 amide bonds. The fourth-order valence-corrected chi connectivity index (χ4v) is 2.82. The van der Waals surface area contributed by atoms with Crippen molar-refractivity contribution in [3.05, 3.63) is 34.1 Å². The first-order valence-corrected chi connectivity index (χ1v) is 6.63. The Kier molecular flexibility index (Phi) is 4.11. The van der Waals surface area contributed by atoms with Crippen LogP contribution in [0.5, 0.6) is 0 Å². The Balaban J connectivity index is 2.16. The molecule has 0 saturated heterocycles. The van der Waals surface area contributed by atoms with Crippen molar-refractivity contribution < 1.29 is 0 Å². The number of aromatic nitrogens is 3. The molecule has 0 aliphatic rings. The van der Waals surface area contributed by atoms with Gasteiger partial charge in [0.1, 0.15) is 5.82 Å². The van der Waals surface area contributed by atoms with Crippen LogP contribution in [0.15, 0.2) is 23.1 Å². The average molecular weight is 302 g/mol. The van der Waals surface area contributed by atoms with Gasteiger partial charge in [0, 0.05) is 4.90 Å². The van der Waals surface area contributed by atoms with Crippen LogP contribution >= 0.6 is 35.0 Å². The summed E-state index contributed by atoms with van der Waals surface area (Å²) in [6.07, 6.45) is 0. The van der Waals surface area contributed by atoms with Crippen LogP contribution in [0.3, 0.4) is 0 Å². The predicted octanol–water partition coefficient (Wildman–Crippen LogP) is 2.64. The molecule has 0 atom stereocenters. The van der Waals surface area contributed by atoms with E-state index in [1.165, 1.54) is 11.8 Å². The maximum absolute atomic E-state index is 6.05. The molecule has 0 aliphatic heterocycles. The first-order valence-electron chi connectivity index (χ1n) is 4.89. The van der Waals surface area contributed by atoms with Crippen LogP contribution in [0.2, 0.25) is 10.0 Å². The molecule has 0 spiro atoms. The van der Waals surface area contributed by atoms with Gasteiger partial charge in [0.05, 0.1) is 15.8 Å². The molecule has 1 heterocycles. The van der Waals surface area contributed by atoms with Gasteiger partial charge in [-0.3, -0.25) is 0 Å². The Morgan fingerprint density at radius 2 is 1.56 bits per heavy atom. The summed E-state index contributed by atoms with van der Waals surface area (Å²) < 4.78 is 0. The molecule has 0 fully saturated rings. The minimum absolute atomic E-state index is 0.100. The van der Waals surface area contributed by atoms with Gasteiger partial charge in [0.2, 0.25) is 11.9 Å². The van der Waals surface area contributed by atoms with Crippen molar-refractivity contribution in [2.75, 3.05) is 11.5 Å². The third-order valence-electron chi connectivity index (χ3n) is 1.98. The SMILES string of the molecule is Nc1nc(N)nc(CSc2c(Cl)cccc2Cl)n1. The second kappa shape index (κ2) is 5.60. The van der Waals surface area contributed by atoms with Gasteiger partial charge >= 0.3 is 0 Å². The zero-order valence-corrected chi connectivity index (χ0v) is 11.4. The largest absolute Gasteiger partial charge is 0.368 e. The first-order chi connectivity index (χ1) is 8.56. The summed E-state index contributed by atoms with van der Waals surface area (Å²) in [7, 11) is 0. The monoisotopic (exact) mass is 301 g/mol. The number of nitrogens with zero attached hydrogens (tertiary/aromatic N) is 3. The summed E-state index contributed by atoms with van der Waals surface area (Å²) in [5.74, 6) is 1.15. The van der Waals surface area contributed by atoms with E-state index in [2.05, 4.69) is 15.0 Å². The molecular weight excluding hydrogens is 293 g/mol. The third kappa shape index (κ3) is 3.16. The van der Waals surface area contributed by atoms with Gasteiger partial charge in [-0.25, -0.2) is 0 Å². The summed E-state index contributed by atoms with van der Waals surface area (Å²) in [6.45, 7) is 0. The van der Waals surface area contributed by atoms with Crippen molar-refractivity contribution in [1.29, 1.82) is 0 Å². The molecule has 4 N–H and O–H groups in total. The first kappa shape index (κ1) is 13.2. The van der Waals surface area contributed by atoms with E-state index in [0.29, 0.717) is 21.6 Å².